The lowest BCUT2D eigenvalue weighted by Gasteiger charge is -2.36. The maximum atomic E-state index is 12.5. The van der Waals surface area contributed by atoms with Gasteiger partial charge in [-0.2, -0.15) is 0 Å². The zero-order valence-corrected chi connectivity index (χ0v) is 18.0. The molecule has 1 aliphatic rings. The second kappa shape index (κ2) is 9.61. The van der Waals surface area contributed by atoms with E-state index < -0.39 is 5.97 Å². The van der Waals surface area contributed by atoms with E-state index in [0.29, 0.717) is 13.1 Å². The monoisotopic (exact) mass is 437 g/mol. The first-order chi connectivity index (χ1) is 15.1. The van der Waals surface area contributed by atoms with Gasteiger partial charge in [0.15, 0.2) is 12.3 Å². The fourth-order valence-corrected chi connectivity index (χ4v) is 4.18. The number of piperazine rings is 1. The number of ether oxygens (including phenoxy) is 2. The van der Waals surface area contributed by atoms with Crippen LogP contribution >= 0.6 is 11.3 Å². The van der Waals surface area contributed by atoms with Crippen molar-refractivity contribution >= 4 is 28.9 Å². The van der Waals surface area contributed by atoms with Crippen molar-refractivity contribution < 1.29 is 19.1 Å². The van der Waals surface area contributed by atoms with Crippen molar-refractivity contribution in [1.82, 2.24) is 9.88 Å². The lowest BCUT2D eigenvalue weighted by atomic mass is 10.2. The molecule has 0 atom stereocenters. The van der Waals surface area contributed by atoms with Crippen molar-refractivity contribution in [2.45, 2.75) is 0 Å². The maximum absolute atomic E-state index is 12.5. The first kappa shape index (κ1) is 20.9. The van der Waals surface area contributed by atoms with Crippen molar-refractivity contribution in [2.75, 3.05) is 44.8 Å². The molecule has 4 rings (SSSR count). The summed E-state index contributed by atoms with van der Waals surface area (Å²) in [5.41, 5.74) is 2.26. The third-order valence-corrected chi connectivity index (χ3v) is 6.02. The lowest BCUT2D eigenvalue weighted by Crippen LogP contribution is -2.49. The molecule has 31 heavy (non-hydrogen) atoms. The van der Waals surface area contributed by atoms with E-state index in [1.165, 1.54) is 11.3 Å². The SMILES string of the molecule is COc1ccc(N2CCN(C(=O)COC(=O)c3csc(-c4ccccc4)n3)CC2)cc1. The van der Waals surface area contributed by atoms with E-state index in [0.717, 1.165) is 35.1 Å². The molecule has 1 saturated heterocycles. The average molecular weight is 438 g/mol. The summed E-state index contributed by atoms with van der Waals surface area (Å²) in [6.07, 6.45) is 0. The summed E-state index contributed by atoms with van der Waals surface area (Å²) in [5.74, 6) is 0.0419. The molecule has 0 saturated carbocycles. The fourth-order valence-electron chi connectivity index (χ4n) is 3.38. The molecule has 1 fully saturated rings. The molecule has 0 radical (unpaired) electrons. The van der Waals surface area contributed by atoms with Crippen LogP contribution in [0.15, 0.2) is 60.0 Å². The van der Waals surface area contributed by atoms with Gasteiger partial charge in [-0.25, -0.2) is 9.78 Å². The molecule has 0 N–H and O–H groups in total. The number of hydrogen-bond donors (Lipinski definition) is 0. The summed E-state index contributed by atoms with van der Waals surface area (Å²) in [6, 6.07) is 17.5. The first-order valence-corrected chi connectivity index (χ1v) is 10.9. The Bertz CT molecular complexity index is 1030. The van der Waals surface area contributed by atoms with E-state index in [-0.39, 0.29) is 18.2 Å². The van der Waals surface area contributed by atoms with Gasteiger partial charge in [-0.15, -0.1) is 11.3 Å². The molecule has 3 aromatic rings. The minimum absolute atomic E-state index is 0.193. The Hall–Kier alpha value is -3.39. The Balaban J connectivity index is 1.26. The molecule has 0 aliphatic carbocycles. The predicted octanol–water partition coefficient (Wildman–Crippen LogP) is 3.32. The number of aromatic nitrogens is 1. The number of anilines is 1. The minimum atomic E-state index is -0.580. The van der Waals surface area contributed by atoms with Gasteiger partial charge in [0.05, 0.1) is 7.11 Å². The smallest absolute Gasteiger partial charge is 0.358 e. The van der Waals surface area contributed by atoms with Crippen LogP contribution in [0.4, 0.5) is 5.69 Å². The number of nitrogens with zero attached hydrogens (tertiary/aromatic N) is 3. The van der Waals surface area contributed by atoms with Crippen molar-refractivity contribution in [2.24, 2.45) is 0 Å². The van der Waals surface area contributed by atoms with Gasteiger partial charge in [-0.05, 0) is 24.3 Å². The average Bonchev–Trinajstić information content (AvgIpc) is 3.34. The third kappa shape index (κ3) is 5.03. The topological polar surface area (TPSA) is 72.0 Å². The van der Waals surface area contributed by atoms with Crippen molar-refractivity contribution in [3.63, 3.8) is 0 Å². The number of hydrogen-bond acceptors (Lipinski definition) is 7. The summed E-state index contributed by atoms with van der Waals surface area (Å²) in [6.45, 7) is 2.32. The molecule has 2 heterocycles. The van der Waals surface area contributed by atoms with Crippen LogP contribution in [0.5, 0.6) is 5.75 Å². The van der Waals surface area contributed by atoms with Crippen LogP contribution in [0, 0.1) is 0 Å². The van der Waals surface area contributed by atoms with E-state index >= 15 is 0 Å². The zero-order valence-electron chi connectivity index (χ0n) is 17.2. The molecule has 7 nitrogen and oxygen atoms in total. The number of methoxy groups -OCH3 is 1. The summed E-state index contributed by atoms with van der Waals surface area (Å²) < 4.78 is 10.4. The molecular weight excluding hydrogens is 414 g/mol. The molecule has 1 amide bonds. The zero-order chi connectivity index (χ0) is 21.6. The Morgan fingerprint density at radius 3 is 2.39 bits per heavy atom. The Labute approximate surface area is 184 Å². The highest BCUT2D eigenvalue weighted by molar-refractivity contribution is 7.13. The van der Waals surface area contributed by atoms with Gasteiger partial charge in [-0.3, -0.25) is 4.79 Å². The summed E-state index contributed by atoms with van der Waals surface area (Å²) in [7, 11) is 1.64. The Kier molecular flexibility index (Phi) is 6.47. The van der Waals surface area contributed by atoms with Gasteiger partial charge >= 0.3 is 5.97 Å². The normalized spacial score (nSPS) is 13.7. The lowest BCUT2D eigenvalue weighted by molar-refractivity contribution is -0.134. The van der Waals surface area contributed by atoms with E-state index in [1.54, 1.807) is 17.4 Å². The van der Waals surface area contributed by atoms with Crippen molar-refractivity contribution in [3.8, 4) is 16.3 Å². The standard InChI is InChI=1S/C23H23N3O4S/c1-29-19-9-7-18(8-10-19)25-11-13-26(14-12-25)21(27)15-30-23(28)20-16-31-22(24-20)17-5-3-2-4-6-17/h2-10,16H,11-15H2,1H3. The number of amides is 1. The van der Waals surface area contributed by atoms with E-state index in [4.69, 9.17) is 9.47 Å². The van der Waals surface area contributed by atoms with Crippen molar-refractivity contribution in [3.05, 3.63) is 65.7 Å². The predicted molar refractivity (Wildman–Crippen MR) is 120 cm³/mol. The van der Waals surface area contributed by atoms with Crippen molar-refractivity contribution in [1.29, 1.82) is 0 Å². The Morgan fingerprint density at radius 2 is 1.71 bits per heavy atom. The molecule has 0 spiro atoms. The number of carbonyl (C=O) groups excluding carboxylic acids is 2. The summed E-state index contributed by atoms with van der Waals surface area (Å²) >= 11 is 1.37. The summed E-state index contributed by atoms with van der Waals surface area (Å²) in [5, 5.41) is 2.40. The highest BCUT2D eigenvalue weighted by Gasteiger charge is 2.23. The van der Waals surface area contributed by atoms with Crippen LogP contribution in [0.2, 0.25) is 0 Å². The minimum Gasteiger partial charge on any atom is -0.497 e. The van der Waals surface area contributed by atoms with Crippen LogP contribution in [-0.2, 0) is 9.53 Å². The molecule has 0 unspecified atom stereocenters. The van der Waals surface area contributed by atoms with Crippen LogP contribution in [-0.4, -0.2) is 61.7 Å². The number of esters is 1. The van der Waals surface area contributed by atoms with Gasteiger partial charge in [-0.1, -0.05) is 30.3 Å². The number of thiazole rings is 1. The molecule has 1 aliphatic heterocycles. The number of benzene rings is 2. The van der Waals surface area contributed by atoms with Crippen LogP contribution < -0.4 is 9.64 Å². The van der Waals surface area contributed by atoms with E-state index in [1.807, 2.05) is 54.6 Å². The fraction of sp³-hybridized carbons (Fsp3) is 0.261. The molecule has 0 bridgehead atoms. The molecular formula is C23H23N3O4S. The van der Waals surface area contributed by atoms with Gasteiger partial charge in [0.1, 0.15) is 10.8 Å². The molecule has 8 heteroatoms. The van der Waals surface area contributed by atoms with Crippen LogP contribution in [0.1, 0.15) is 10.5 Å². The quantitative estimate of drug-likeness (QED) is 0.551. The molecule has 2 aromatic carbocycles. The second-order valence-electron chi connectivity index (χ2n) is 7.05. The molecule has 1 aromatic heterocycles. The van der Waals surface area contributed by atoms with Gasteiger partial charge in [0, 0.05) is 42.8 Å². The summed E-state index contributed by atoms with van der Waals surface area (Å²) in [4.78, 5) is 33.1. The Morgan fingerprint density at radius 1 is 1.00 bits per heavy atom. The highest BCUT2D eigenvalue weighted by Crippen LogP contribution is 2.24. The van der Waals surface area contributed by atoms with Crippen LogP contribution in [0.3, 0.4) is 0 Å². The maximum Gasteiger partial charge on any atom is 0.358 e. The third-order valence-electron chi connectivity index (χ3n) is 5.13. The van der Waals surface area contributed by atoms with Crippen LogP contribution in [0.25, 0.3) is 10.6 Å². The number of carbonyl (C=O) groups is 2. The number of rotatable bonds is 6. The molecule has 160 valence electrons. The largest absolute Gasteiger partial charge is 0.497 e. The second-order valence-corrected chi connectivity index (χ2v) is 7.90. The van der Waals surface area contributed by atoms with Gasteiger partial charge in [0.25, 0.3) is 5.91 Å². The highest BCUT2D eigenvalue weighted by atomic mass is 32.1. The van der Waals surface area contributed by atoms with Gasteiger partial charge < -0.3 is 19.3 Å². The van der Waals surface area contributed by atoms with E-state index in [9.17, 15) is 9.59 Å². The first-order valence-electron chi connectivity index (χ1n) is 9.99. The van der Waals surface area contributed by atoms with Gasteiger partial charge in [0.2, 0.25) is 0 Å². The van der Waals surface area contributed by atoms with E-state index in [2.05, 4.69) is 9.88 Å².